The van der Waals surface area contributed by atoms with Crippen molar-refractivity contribution in [1.82, 2.24) is 9.55 Å². The lowest BCUT2D eigenvalue weighted by atomic mass is 10.1. The summed E-state index contributed by atoms with van der Waals surface area (Å²) in [5.41, 5.74) is 4.08. The van der Waals surface area contributed by atoms with Gasteiger partial charge >= 0.3 is 0 Å². The molecule has 0 fully saturated rings. The molecule has 1 aliphatic rings. The second kappa shape index (κ2) is 5.20. The monoisotopic (exact) mass is 254 g/mol. The highest BCUT2D eigenvalue weighted by Gasteiger charge is 2.27. The first-order valence-electron chi connectivity index (χ1n) is 7.46. The molecule has 100 valence electrons. The number of hydrogen-bond donors (Lipinski definition) is 0. The number of benzene rings is 1. The van der Waals surface area contributed by atoms with Crippen LogP contribution in [0.25, 0.3) is 11.4 Å². The van der Waals surface area contributed by atoms with Crippen LogP contribution in [0.5, 0.6) is 0 Å². The van der Waals surface area contributed by atoms with Crippen molar-refractivity contribution in [3.63, 3.8) is 0 Å². The normalized spacial score (nSPS) is 17.7. The predicted octanol–water partition coefficient (Wildman–Crippen LogP) is 4.40. The Labute approximate surface area is 115 Å². The summed E-state index contributed by atoms with van der Waals surface area (Å²) in [7, 11) is 0. The molecule has 19 heavy (non-hydrogen) atoms. The summed E-state index contributed by atoms with van der Waals surface area (Å²) in [5, 5.41) is 0. The second-order valence-corrected chi connectivity index (χ2v) is 5.58. The molecule has 0 saturated heterocycles. The Morgan fingerprint density at radius 2 is 2.05 bits per heavy atom. The third kappa shape index (κ3) is 2.20. The van der Waals surface area contributed by atoms with Gasteiger partial charge in [0.05, 0.1) is 5.69 Å². The minimum absolute atomic E-state index is 0.664. The standard InChI is InChI=1S/C17H22N2/c1-3-4-12-19-16-13(2)10-11-15(16)18-17(19)14-8-6-5-7-9-14/h5-9,13H,3-4,10-12H2,1-2H3. The highest BCUT2D eigenvalue weighted by molar-refractivity contribution is 5.57. The van der Waals surface area contributed by atoms with E-state index < -0.39 is 0 Å². The van der Waals surface area contributed by atoms with Crippen LogP contribution in [0.1, 0.15) is 50.4 Å². The van der Waals surface area contributed by atoms with Gasteiger partial charge in [0.25, 0.3) is 0 Å². The average Bonchev–Trinajstić information content (AvgIpc) is 2.98. The minimum atomic E-state index is 0.664. The van der Waals surface area contributed by atoms with Gasteiger partial charge in [-0.25, -0.2) is 4.98 Å². The topological polar surface area (TPSA) is 17.8 Å². The van der Waals surface area contributed by atoms with E-state index in [2.05, 4.69) is 48.7 Å². The first-order valence-corrected chi connectivity index (χ1v) is 7.46. The number of imidazole rings is 1. The predicted molar refractivity (Wildman–Crippen MR) is 79.3 cm³/mol. The van der Waals surface area contributed by atoms with Crippen LogP contribution in [-0.4, -0.2) is 9.55 Å². The smallest absolute Gasteiger partial charge is 0.140 e. The van der Waals surface area contributed by atoms with E-state index in [1.807, 2.05) is 0 Å². The molecular formula is C17H22N2. The van der Waals surface area contributed by atoms with E-state index in [-0.39, 0.29) is 0 Å². The quantitative estimate of drug-likeness (QED) is 0.790. The molecule has 0 aliphatic heterocycles. The first-order chi connectivity index (χ1) is 9.31. The molecule has 0 radical (unpaired) electrons. The number of unbranched alkanes of at least 4 members (excludes halogenated alkanes) is 1. The van der Waals surface area contributed by atoms with Gasteiger partial charge in [0.15, 0.2) is 0 Å². The van der Waals surface area contributed by atoms with Crippen molar-refractivity contribution in [2.24, 2.45) is 0 Å². The van der Waals surface area contributed by atoms with Crippen LogP contribution in [0.4, 0.5) is 0 Å². The molecule has 1 unspecified atom stereocenters. The lowest BCUT2D eigenvalue weighted by Gasteiger charge is -2.13. The maximum Gasteiger partial charge on any atom is 0.140 e. The number of fused-ring (bicyclic) bond motifs is 1. The molecule has 0 bridgehead atoms. The average molecular weight is 254 g/mol. The fourth-order valence-corrected chi connectivity index (χ4v) is 3.09. The molecule has 1 aliphatic carbocycles. The maximum absolute atomic E-state index is 4.93. The number of aryl methyl sites for hydroxylation is 1. The van der Waals surface area contributed by atoms with Gasteiger partial charge in [0.2, 0.25) is 0 Å². The summed E-state index contributed by atoms with van der Waals surface area (Å²) in [6.45, 7) is 5.70. The molecule has 0 N–H and O–H groups in total. The van der Waals surface area contributed by atoms with Gasteiger partial charge in [-0.2, -0.15) is 0 Å². The zero-order valence-electron chi connectivity index (χ0n) is 11.9. The Hall–Kier alpha value is -1.57. The fraction of sp³-hybridized carbons (Fsp3) is 0.471. The van der Waals surface area contributed by atoms with Crippen molar-refractivity contribution in [3.05, 3.63) is 41.7 Å². The van der Waals surface area contributed by atoms with Gasteiger partial charge in [-0.1, -0.05) is 50.6 Å². The van der Waals surface area contributed by atoms with Crippen LogP contribution >= 0.6 is 0 Å². The van der Waals surface area contributed by atoms with E-state index in [1.54, 1.807) is 0 Å². The first kappa shape index (κ1) is 12.5. The second-order valence-electron chi connectivity index (χ2n) is 5.58. The van der Waals surface area contributed by atoms with Crippen LogP contribution in [-0.2, 0) is 13.0 Å². The zero-order chi connectivity index (χ0) is 13.2. The summed E-state index contributed by atoms with van der Waals surface area (Å²) in [6.07, 6.45) is 4.87. The third-order valence-corrected chi connectivity index (χ3v) is 4.13. The van der Waals surface area contributed by atoms with E-state index >= 15 is 0 Å². The summed E-state index contributed by atoms with van der Waals surface area (Å²) in [4.78, 5) is 4.93. The Morgan fingerprint density at radius 1 is 1.26 bits per heavy atom. The van der Waals surface area contributed by atoms with E-state index in [4.69, 9.17) is 4.98 Å². The zero-order valence-corrected chi connectivity index (χ0v) is 11.9. The molecule has 1 aromatic heterocycles. The Balaban J connectivity index is 2.07. The van der Waals surface area contributed by atoms with Gasteiger partial charge in [0.1, 0.15) is 5.82 Å². The molecular weight excluding hydrogens is 232 g/mol. The van der Waals surface area contributed by atoms with Gasteiger partial charge in [-0.15, -0.1) is 0 Å². The molecule has 2 aromatic rings. The molecule has 1 aromatic carbocycles. The van der Waals surface area contributed by atoms with Crippen LogP contribution < -0.4 is 0 Å². The molecule has 0 amide bonds. The summed E-state index contributed by atoms with van der Waals surface area (Å²) in [5.74, 6) is 1.84. The molecule has 3 rings (SSSR count). The van der Waals surface area contributed by atoms with Crippen molar-refractivity contribution in [2.75, 3.05) is 0 Å². The molecule has 1 atom stereocenters. The van der Waals surface area contributed by atoms with E-state index in [0.29, 0.717) is 5.92 Å². The van der Waals surface area contributed by atoms with Crippen LogP contribution in [0.3, 0.4) is 0 Å². The van der Waals surface area contributed by atoms with E-state index in [9.17, 15) is 0 Å². The fourth-order valence-electron chi connectivity index (χ4n) is 3.09. The number of rotatable bonds is 4. The largest absolute Gasteiger partial charge is 0.328 e. The van der Waals surface area contributed by atoms with Crippen molar-refractivity contribution in [2.45, 2.75) is 52.0 Å². The van der Waals surface area contributed by atoms with Crippen molar-refractivity contribution < 1.29 is 0 Å². The van der Waals surface area contributed by atoms with Crippen LogP contribution in [0.15, 0.2) is 30.3 Å². The summed E-state index contributed by atoms with van der Waals surface area (Å²) in [6, 6.07) is 10.6. The van der Waals surface area contributed by atoms with Crippen molar-refractivity contribution in [3.8, 4) is 11.4 Å². The number of hydrogen-bond acceptors (Lipinski definition) is 1. The number of aromatic nitrogens is 2. The molecule has 0 spiro atoms. The summed E-state index contributed by atoms with van der Waals surface area (Å²) < 4.78 is 2.48. The molecule has 2 heteroatoms. The van der Waals surface area contributed by atoms with Gasteiger partial charge in [-0.05, 0) is 25.2 Å². The Kier molecular flexibility index (Phi) is 3.41. The van der Waals surface area contributed by atoms with Crippen LogP contribution in [0, 0.1) is 0 Å². The SMILES string of the molecule is CCCCn1c(-c2ccccc2)nc2c1C(C)CC2. The van der Waals surface area contributed by atoms with Crippen molar-refractivity contribution >= 4 is 0 Å². The Morgan fingerprint density at radius 3 is 2.79 bits per heavy atom. The molecule has 0 saturated carbocycles. The Bertz CT molecular complexity index is 554. The lowest BCUT2D eigenvalue weighted by molar-refractivity contribution is 0.587. The third-order valence-electron chi connectivity index (χ3n) is 4.13. The van der Waals surface area contributed by atoms with Gasteiger partial charge in [0, 0.05) is 17.8 Å². The van der Waals surface area contributed by atoms with Crippen LogP contribution in [0.2, 0.25) is 0 Å². The molecule has 2 nitrogen and oxygen atoms in total. The lowest BCUT2D eigenvalue weighted by Crippen LogP contribution is -2.06. The minimum Gasteiger partial charge on any atom is -0.328 e. The van der Waals surface area contributed by atoms with Crippen molar-refractivity contribution in [1.29, 1.82) is 0 Å². The van der Waals surface area contributed by atoms with Gasteiger partial charge < -0.3 is 4.57 Å². The van der Waals surface area contributed by atoms with Gasteiger partial charge in [-0.3, -0.25) is 0 Å². The maximum atomic E-state index is 4.93. The van der Waals surface area contributed by atoms with E-state index in [1.165, 1.54) is 42.0 Å². The summed E-state index contributed by atoms with van der Waals surface area (Å²) >= 11 is 0. The van der Waals surface area contributed by atoms with E-state index in [0.717, 1.165) is 13.0 Å². The highest BCUT2D eigenvalue weighted by atomic mass is 15.1. The molecule has 1 heterocycles. The number of nitrogens with zero attached hydrogens (tertiary/aromatic N) is 2. The highest BCUT2D eigenvalue weighted by Crippen LogP contribution is 2.36.